The SMILES string of the molecule is CCCNc1ncnc(Cl)c1CC. The van der Waals surface area contributed by atoms with E-state index in [0.29, 0.717) is 5.15 Å². The molecular formula is C9H14ClN3. The molecule has 0 aromatic carbocycles. The lowest BCUT2D eigenvalue weighted by molar-refractivity contribution is 0.948. The number of anilines is 1. The van der Waals surface area contributed by atoms with Crippen LogP contribution in [0.3, 0.4) is 0 Å². The van der Waals surface area contributed by atoms with E-state index in [2.05, 4.69) is 22.2 Å². The largest absolute Gasteiger partial charge is 0.370 e. The predicted octanol–water partition coefficient (Wildman–Crippen LogP) is 2.51. The first kappa shape index (κ1) is 10.3. The average molecular weight is 200 g/mol. The monoisotopic (exact) mass is 199 g/mol. The maximum absolute atomic E-state index is 5.92. The Hall–Kier alpha value is -0.830. The topological polar surface area (TPSA) is 37.8 Å². The second kappa shape index (κ2) is 5.02. The molecule has 1 aromatic rings. The summed E-state index contributed by atoms with van der Waals surface area (Å²) in [6.07, 6.45) is 3.41. The standard InChI is InChI=1S/C9H14ClN3/c1-3-5-11-9-7(4-2)8(10)12-6-13-9/h6H,3-5H2,1-2H3,(H,11,12,13). The summed E-state index contributed by atoms with van der Waals surface area (Å²) in [6.45, 7) is 5.07. The van der Waals surface area contributed by atoms with Crippen LogP contribution in [0.25, 0.3) is 0 Å². The van der Waals surface area contributed by atoms with Crippen LogP contribution < -0.4 is 5.32 Å². The van der Waals surface area contributed by atoms with Gasteiger partial charge in [0, 0.05) is 12.1 Å². The van der Waals surface area contributed by atoms with Crippen LogP contribution in [0.4, 0.5) is 5.82 Å². The van der Waals surface area contributed by atoms with Gasteiger partial charge in [0.2, 0.25) is 0 Å². The summed E-state index contributed by atoms with van der Waals surface area (Å²) in [6, 6.07) is 0. The lowest BCUT2D eigenvalue weighted by atomic mass is 10.2. The molecule has 1 heterocycles. The maximum atomic E-state index is 5.92. The Bertz CT molecular complexity index is 276. The third kappa shape index (κ3) is 2.56. The van der Waals surface area contributed by atoms with Crippen molar-refractivity contribution in [1.29, 1.82) is 0 Å². The molecule has 3 nitrogen and oxygen atoms in total. The van der Waals surface area contributed by atoms with Crippen LogP contribution in [0.2, 0.25) is 5.15 Å². The molecule has 0 saturated heterocycles. The lowest BCUT2D eigenvalue weighted by Gasteiger charge is -2.08. The van der Waals surface area contributed by atoms with Gasteiger partial charge >= 0.3 is 0 Å². The van der Waals surface area contributed by atoms with Crippen LogP contribution in [0, 0.1) is 0 Å². The third-order valence-electron chi connectivity index (χ3n) is 1.79. The van der Waals surface area contributed by atoms with Gasteiger partial charge in [0.1, 0.15) is 17.3 Å². The lowest BCUT2D eigenvalue weighted by Crippen LogP contribution is -2.06. The summed E-state index contributed by atoms with van der Waals surface area (Å²) in [7, 11) is 0. The highest BCUT2D eigenvalue weighted by atomic mass is 35.5. The number of aromatic nitrogens is 2. The number of halogens is 1. The molecule has 1 aromatic heterocycles. The molecule has 72 valence electrons. The van der Waals surface area contributed by atoms with Crippen molar-refractivity contribution < 1.29 is 0 Å². The summed E-state index contributed by atoms with van der Waals surface area (Å²) in [5.74, 6) is 0.865. The van der Waals surface area contributed by atoms with Gasteiger partial charge in [-0.2, -0.15) is 0 Å². The van der Waals surface area contributed by atoms with E-state index < -0.39 is 0 Å². The fraction of sp³-hybridized carbons (Fsp3) is 0.556. The molecule has 0 aliphatic heterocycles. The van der Waals surface area contributed by atoms with Crippen molar-refractivity contribution in [3.8, 4) is 0 Å². The van der Waals surface area contributed by atoms with Crippen molar-refractivity contribution in [3.63, 3.8) is 0 Å². The molecule has 0 spiro atoms. The molecule has 0 atom stereocenters. The number of hydrogen-bond donors (Lipinski definition) is 1. The van der Waals surface area contributed by atoms with Crippen LogP contribution in [0.15, 0.2) is 6.33 Å². The van der Waals surface area contributed by atoms with Crippen LogP contribution in [-0.2, 0) is 6.42 Å². The first-order valence-corrected chi connectivity index (χ1v) is 4.90. The first-order valence-electron chi connectivity index (χ1n) is 4.52. The van der Waals surface area contributed by atoms with E-state index >= 15 is 0 Å². The van der Waals surface area contributed by atoms with E-state index in [1.165, 1.54) is 6.33 Å². The molecule has 1 rings (SSSR count). The van der Waals surface area contributed by atoms with Crippen molar-refractivity contribution in [2.24, 2.45) is 0 Å². The molecular weight excluding hydrogens is 186 g/mol. The normalized spacial score (nSPS) is 10.1. The fourth-order valence-corrected chi connectivity index (χ4v) is 1.37. The minimum atomic E-state index is 0.552. The van der Waals surface area contributed by atoms with Crippen LogP contribution >= 0.6 is 11.6 Å². The van der Waals surface area contributed by atoms with Gasteiger partial charge in [0.15, 0.2) is 0 Å². The third-order valence-corrected chi connectivity index (χ3v) is 2.11. The molecule has 1 N–H and O–H groups in total. The van der Waals surface area contributed by atoms with Gasteiger partial charge in [-0.25, -0.2) is 9.97 Å². The minimum absolute atomic E-state index is 0.552. The van der Waals surface area contributed by atoms with Gasteiger partial charge in [-0.15, -0.1) is 0 Å². The predicted molar refractivity (Wildman–Crippen MR) is 55.2 cm³/mol. The maximum Gasteiger partial charge on any atom is 0.137 e. The van der Waals surface area contributed by atoms with Crippen LogP contribution in [0.1, 0.15) is 25.8 Å². The number of nitrogens with zero attached hydrogens (tertiary/aromatic N) is 2. The number of hydrogen-bond acceptors (Lipinski definition) is 3. The minimum Gasteiger partial charge on any atom is -0.370 e. The molecule has 0 radical (unpaired) electrons. The molecule has 0 unspecified atom stereocenters. The molecule has 0 aliphatic rings. The van der Waals surface area contributed by atoms with Gasteiger partial charge < -0.3 is 5.32 Å². The van der Waals surface area contributed by atoms with Crippen molar-refractivity contribution in [2.75, 3.05) is 11.9 Å². The average Bonchev–Trinajstić information content (AvgIpc) is 2.15. The number of rotatable bonds is 4. The smallest absolute Gasteiger partial charge is 0.137 e. The zero-order chi connectivity index (χ0) is 9.68. The molecule has 0 aliphatic carbocycles. The molecule has 4 heteroatoms. The molecule has 0 fully saturated rings. The van der Waals surface area contributed by atoms with E-state index in [0.717, 1.165) is 30.8 Å². The van der Waals surface area contributed by atoms with Gasteiger partial charge in [0.05, 0.1) is 0 Å². The Morgan fingerprint density at radius 1 is 1.38 bits per heavy atom. The quantitative estimate of drug-likeness (QED) is 0.758. The van der Waals surface area contributed by atoms with Gasteiger partial charge in [-0.3, -0.25) is 0 Å². The Kier molecular flexibility index (Phi) is 3.96. The highest BCUT2D eigenvalue weighted by Gasteiger charge is 2.06. The van der Waals surface area contributed by atoms with E-state index in [1.807, 2.05) is 6.92 Å². The first-order chi connectivity index (χ1) is 6.29. The molecule has 0 amide bonds. The van der Waals surface area contributed by atoms with E-state index in [4.69, 9.17) is 11.6 Å². The Labute approximate surface area is 83.5 Å². The number of nitrogens with one attached hydrogen (secondary N) is 1. The van der Waals surface area contributed by atoms with E-state index in [1.54, 1.807) is 0 Å². The second-order valence-corrected chi connectivity index (χ2v) is 3.13. The highest BCUT2D eigenvalue weighted by molar-refractivity contribution is 6.30. The Morgan fingerprint density at radius 3 is 2.77 bits per heavy atom. The van der Waals surface area contributed by atoms with Crippen molar-refractivity contribution in [1.82, 2.24) is 9.97 Å². The summed E-state index contributed by atoms with van der Waals surface area (Å²) in [5, 5.41) is 3.77. The van der Waals surface area contributed by atoms with Crippen molar-refractivity contribution >= 4 is 17.4 Å². The summed E-state index contributed by atoms with van der Waals surface area (Å²) in [4.78, 5) is 8.07. The van der Waals surface area contributed by atoms with Crippen molar-refractivity contribution in [2.45, 2.75) is 26.7 Å². The fourth-order valence-electron chi connectivity index (χ4n) is 1.10. The van der Waals surface area contributed by atoms with Crippen LogP contribution in [-0.4, -0.2) is 16.5 Å². The van der Waals surface area contributed by atoms with Crippen molar-refractivity contribution in [3.05, 3.63) is 17.0 Å². The summed E-state index contributed by atoms with van der Waals surface area (Å²) < 4.78 is 0. The van der Waals surface area contributed by atoms with E-state index in [9.17, 15) is 0 Å². The van der Waals surface area contributed by atoms with Gasteiger partial charge in [-0.1, -0.05) is 25.4 Å². The molecule has 13 heavy (non-hydrogen) atoms. The zero-order valence-electron chi connectivity index (χ0n) is 7.97. The van der Waals surface area contributed by atoms with Gasteiger partial charge in [0.25, 0.3) is 0 Å². The van der Waals surface area contributed by atoms with Crippen LogP contribution in [0.5, 0.6) is 0 Å². The molecule has 0 bridgehead atoms. The Balaban J connectivity index is 2.85. The second-order valence-electron chi connectivity index (χ2n) is 2.77. The molecule has 0 saturated carbocycles. The van der Waals surface area contributed by atoms with E-state index in [-0.39, 0.29) is 0 Å². The van der Waals surface area contributed by atoms with Gasteiger partial charge in [-0.05, 0) is 12.8 Å². The Morgan fingerprint density at radius 2 is 2.15 bits per heavy atom. The summed E-state index contributed by atoms with van der Waals surface area (Å²) >= 11 is 5.92. The highest BCUT2D eigenvalue weighted by Crippen LogP contribution is 2.19. The zero-order valence-corrected chi connectivity index (χ0v) is 8.73. The summed E-state index contributed by atoms with van der Waals surface area (Å²) in [5.41, 5.74) is 0.998.